The Morgan fingerprint density at radius 1 is 0.880 bits per heavy atom. The van der Waals surface area contributed by atoms with Gasteiger partial charge in [-0.1, -0.05) is 66.7 Å². The van der Waals surface area contributed by atoms with Gasteiger partial charge in [0.2, 0.25) is 0 Å². The zero-order valence-corrected chi connectivity index (χ0v) is 14.2. The average molecular weight is 331 g/mol. The monoisotopic (exact) mass is 331 g/mol. The summed E-state index contributed by atoms with van der Waals surface area (Å²) in [4.78, 5) is 12.5. The third kappa shape index (κ3) is 4.27. The number of hydrogen-bond donors (Lipinski definition) is 1. The highest BCUT2D eigenvalue weighted by atomic mass is 16.5. The van der Waals surface area contributed by atoms with Crippen molar-refractivity contribution in [1.82, 2.24) is 5.32 Å². The number of carbonyl (C=O) groups excluding carboxylic acids is 1. The van der Waals surface area contributed by atoms with Crippen LogP contribution in [0.25, 0.3) is 0 Å². The lowest BCUT2D eigenvalue weighted by atomic mass is 9.91. The number of methoxy groups -OCH3 is 1. The number of nitrogens with one attached hydrogen (secondary N) is 1. The molecular formula is C22H21NO2. The molecule has 0 aliphatic heterocycles. The van der Waals surface area contributed by atoms with E-state index in [0.29, 0.717) is 17.9 Å². The topological polar surface area (TPSA) is 38.3 Å². The first-order valence-electron chi connectivity index (χ1n) is 8.30. The van der Waals surface area contributed by atoms with Gasteiger partial charge in [-0.05, 0) is 29.3 Å². The van der Waals surface area contributed by atoms with E-state index >= 15 is 0 Å². The molecule has 25 heavy (non-hydrogen) atoms. The summed E-state index contributed by atoms with van der Waals surface area (Å²) in [5.74, 6) is 0.683. The minimum absolute atomic E-state index is 0.101. The number of carbonyl (C=O) groups is 1. The lowest BCUT2D eigenvalue weighted by Gasteiger charge is -2.19. The first-order chi connectivity index (χ1) is 12.3. The van der Waals surface area contributed by atoms with Crippen LogP contribution < -0.4 is 10.1 Å². The van der Waals surface area contributed by atoms with Crippen molar-refractivity contribution in [1.29, 1.82) is 0 Å². The molecule has 3 aromatic carbocycles. The van der Waals surface area contributed by atoms with E-state index in [4.69, 9.17) is 4.74 Å². The fraction of sp³-hybridized carbons (Fsp3) is 0.136. The maximum atomic E-state index is 12.5. The molecule has 0 aromatic heterocycles. The Labute approximate surface area is 148 Å². The van der Waals surface area contributed by atoms with Crippen LogP contribution in [-0.2, 0) is 0 Å². The first kappa shape index (κ1) is 16.8. The summed E-state index contributed by atoms with van der Waals surface area (Å²) in [5.41, 5.74) is 2.96. The fourth-order valence-corrected chi connectivity index (χ4v) is 2.86. The van der Waals surface area contributed by atoms with Crippen molar-refractivity contribution in [2.24, 2.45) is 0 Å². The quantitative estimate of drug-likeness (QED) is 0.733. The van der Waals surface area contributed by atoms with E-state index in [1.807, 2.05) is 48.5 Å². The van der Waals surface area contributed by atoms with Crippen LogP contribution in [0.5, 0.6) is 5.75 Å². The molecule has 0 unspecified atom stereocenters. The van der Waals surface area contributed by atoms with Gasteiger partial charge in [0.25, 0.3) is 5.91 Å². The normalized spacial score (nSPS) is 10.5. The number of amides is 1. The Morgan fingerprint density at radius 2 is 1.48 bits per heavy atom. The summed E-state index contributed by atoms with van der Waals surface area (Å²) >= 11 is 0. The number of rotatable bonds is 6. The molecule has 0 saturated carbocycles. The van der Waals surface area contributed by atoms with Crippen molar-refractivity contribution in [2.75, 3.05) is 13.7 Å². The van der Waals surface area contributed by atoms with E-state index in [1.165, 1.54) is 11.1 Å². The maximum absolute atomic E-state index is 12.5. The molecule has 3 rings (SSSR count). The van der Waals surface area contributed by atoms with Gasteiger partial charge in [0.1, 0.15) is 5.75 Å². The highest BCUT2D eigenvalue weighted by molar-refractivity contribution is 5.94. The molecule has 0 spiro atoms. The third-order valence-corrected chi connectivity index (χ3v) is 4.20. The predicted octanol–water partition coefficient (Wildman–Crippen LogP) is 4.26. The van der Waals surface area contributed by atoms with Gasteiger partial charge in [-0.2, -0.15) is 0 Å². The molecule has 0 atom stereocenters. The number of benzene rings is 3. The van der Waals surface area contributed by atoms with Crippen LogP contribution in [0, 0.1) is 0 Å². The van der Waals surface area contributed by atoms with Gasteiger partial charge >= 0.3 is 0 Å². The largest absolute Gasteiger partial charge is 0.497 e. The van der Waals surface area contributed by atoms with E-state index in [-0.39, 0.29) is 11.8 Å². The van der Waals surface area contributed by atoms with Gasteiger partial charge in [0.05, 0.1) is 7.11 Å². The van der Waals surface area contributed by atoms with Crippen molar-refractivity contribution in [3.8, 4) is 5.75 Å². The van der Waals surface area contributed by atoms with Gasteiger partial charge in [-0.25, -0.2) is 0 Å². The van der Waals surface area contributed by atoms with Crippen LogP contribution in [0.2, 0.25) is 0 Å². The van der Waals surface area contributed by atoms with E-state index in [1.54, 1.807) is 19.2 Å². The molecule has 0 aliphatic carbocycles. The smallest absolute Gasteiger partial charge is 0.251 e. The molecule has 0 bridgehead atoms. The Balaban J connectivity index is 1.78. The molecule has 0 fully saturated rings. The van der Waals surface area contributed by atoms with E-state index in [2.05, 4.69) is 29.6 Å². The summed E-state index contributed by atoms with van der Waals surface area (Å²) in [6, 6.07) is 27.6. The van der Waals surface area contributed by atoms with Crippen LogP contribution in [-0.4, -0.2) is 19.6 Å². The summed E-state index contributed by atoms with van der Waals surface area (Å²) in [6.07, 6.45) is 0. The molecular weight excluding hydrogens is 310 g/mol. The highest BCUT2D eigenvalue weighted by Gasteiger charge is 2.15. The van der Waals surface area contributed by atoms with Gasteiger partial charge in [0, 0.05) is 18.0 Å². The summed E-state index contributed by atoms with van der Waals surface area (Å²) in [5, 5.41) is 3.05. The Bertz CT molecular complexity index is 776. The Hall–Kier alpha value is -3.07. The maximum Gasteiger partial charge on any atom is 0.251 e. The molecule has 0 radical (unpaired) electrons. The minimum Gasteiger partial charge on any atom is -0.497 e. The highest BCUT2D eigenvalue weighted by Crippen LogP contribution is 2.24. The Kier molecular flexibility index (Phi) is 5.47. The lowest BCUT2D eigenvalue weighted by Crippen LogP contribution is -2.28. The molecule has 0 heterocycles. The molecule has 1 amide bonds. The minimum atomic E-state index is -0.101. The van der Waals surface area contributed by atoms with E-state index in [0.717, 1.165) is 0 Å². The lowest BCUT2D eigenvalue weighted by molar-refractivity contribution is 0.0952. The molecule has 3 aromatic rings. The molecule has 0 aliphatic rings. The van der Waals surface area contributed by atoms with Crippen LogP contribution in [0.15, 0.2) is 84.9 Å². The Morgan fingerprint density at radius 3 is 2.04 bits per heavy atom. The molecule has 1 N–H and O–H groups in total. The first-order valence-corrected chi connectivity index (χ1v) is 8.30. The van der Waals surface area contributed by atoms with Crippen molar-refractivity contribution in [2.45, 2.75) is 5.92 Å². The molecule has 0 saturated heterocycles. The number of ether oxygens (including phenoxy) is 1. The second-order valence-electron chi connectivity index (χ2n) is 5.82. The van der Waals surface area contributed by atoms with E-state index in [9.17, 15) is 4.79 Å². The van der Waals surface area contributed by atoms with Crippen molar-refractivity contribution in [3.05, 3.63) is 102 Å². The van der Waals surface area contributed by atoms with Crippen molar-refractivity contribution in [3.63, 3.8) is 0 Å². The summed E-state index contributed by atoms with van der Waals surface area (Å²) in [6.45, 7) is 0.532. The van der Waals surface area contributed by atoms with Crippen LogP contribution in [0.1, 0.15) is 27.4 Å². The molecule has 3 nitrogen and oxygen atoms in total. The zero-order chi connectivity index (χ0) is 17.5. The van der Waals surface area contributed by atoms with Crippen LogP contribution in [0.3, 0.4) is 0 Å². The third-order valence-electron chi connectivity index (χ3n) is 4.20. The second-order valence-corrected chi connectivity index (χ2v) is 5.82. The van der Waals surface area contributed by atoms with Gasteiger partial charge in [0.15, 0.2) is 0 Å². The van der Waals surface area contributed by atoms with Crippen molar-refractivity contribution < 1.29 is 9.53 Å². The molecule has 126 valence electrons. The van der Waals surface area contributed by atoms with Crippen LogP contribution in [0.4, 0.5) is 0 Å². The average Bonchev–Trinajstić information content (AvgIpc) is 2.69. The second kappa shape index (κ2) is 8.15. The zero-order valence-electron chi connectivity index (χ0n) is 14.2. The van der Waals surface area contributed by atoms with Gasteiger partial charge < -0.3 is 10.1 Å². The molecule has 3 heteroatoms. The summed E-state index contributed by atoms with van der Waals surface area (Å²) in [7, 11) is 1.60. The predicted molar refractivity (Wildman–Crippen MR) is 100 cm³/mol. The van der Waals surface area contributed by atoms with Gasteiger partial charge in [-0.3, -0.25) is 4.79 Å². The van der Waals surface area contributed by atoms with E-state index < -0.39 is 0 Å². The van der Waals surface area contributed by atoms with Crippen molar-refractivity contribution >= 4 is 5.91 Å². The van der Waals surface area contributed by atoms with Crippen LogP contribution >= 0.6 is 0 Å². The SMILES string of the molecule is COc1cccc(C(=O)NCC(c2ccccc2)c2ccccc2)c1. The summed E-state index contributed by atoms with van der Waals surface area (Å²) < 4.78 is 5.19. The van der Waals surface area contributed by atoms with Gasteiger partial charge in [-0.15, -0.1) is 0 Å². The number of hydrogen-bond acceptors (Lipinski definition) is 2. The standard InChI is InChI=1S/C22H21NO2/c1-25-20-14-8-13-19(15-20)22(24)23-16-21(17-9-4-2-5-10-17)18-11-6-3-7-12-18/h2-15,21H,16H2,1H3,(H,23,24). The fourth-order valence-electron chi connectivity index (χ4n) is 2.86.